The summed E-state index contributed by atoms with van der Waals surface area (Å²) in [6, 6.07) is 10.9. The maximum absolute atomic E-state index is 12.5. The highest BCUT2D eigenvalue weighted by atomic mass is 16.3. The van der Waals surface area contributed by atoms with E-state index in [9.17, 15) is 14.7 Å². The number of carbonyl (C=O) groups is 2. The van der Waals surface area contributed by atoms with Crippen molar-refractivity contribution >= 4 is 17.5 Å². The van der Waals surface area contributed by atoms with E-state index in [1.54, 1.807) is 0 Å². The number of carbonyl (C=O) groups excluding carboxylic acids is 2. The molecule has 0 aliphatic heterocycles. The van der Waals surface area contributed by atoms with Crippen LogP contribution in [0.3, 0.4) is 0 Å². The van der Waals surface area contributed by atoms with E-state index in [1.807, 2.05) is 6.92 Å². The predicted molar refractivity (Wildman–Crippen MR) is 106 cm³/mol. The molecule has 5 nitrogen and oxygen atoms in total. The first-order chi connectivity index (χ1) is 13.0. The molecule has 0 heterocycles. The minimum atomic E-state index is -0.451. The van der Waals surface area contributed by atoms with Gasteiger partial charge in [0.1, 0.15) is 5.75 Å². The lowest BCUT2D eigenvalue weighted by atomic mass is 10.0. The summed E-state index contributed by atoms with van der Waals surface area (Å²) in [6.45, 7) is 5.34. The molecule has 27 heavy (non-hydrogen) atoms. The van der Waals surface area contributed by atoms with Crippen molar-refractivity contribution in [1.82, 2.24) is 5.32 Å². The second-order valence-corrected chi connectivity index (χ2v) is 6.96. The highest BCUT2D eigenvalue weighted by Gasteiger charge is 2.15. The molecule has 140 valence electrons. The number of fused-ring (bicyclic) bond motifs is 1. The van der Waals surface area contributed by atoms with Crippen molar-refractivity contribution in [2.24, 2.45) is 0 Å². The van der Waals surface area contributed by atoms with Crippen LogP contribution in [0.15, 0.2) is 49.1 Å². The first-order valence-electron chi connectivity index (χ1n) is 9.14. The number of benzene rings is 2. The monoisotopic (exact) mass is 364 g/mol. The third-order valence-corrected chi connectivity index (χ3v) is 4.78. The molecule has 0 aromatic heterocycles. The summed E-state index contributed by atoms with van der Waals surface area (Å²) in [5.74, 6) is -0.807. The van der Waals surface area contributed by atoms with Gasteiger partial charge in [-0.05, 0) is 73.6 Å². The van der Waals surface area contributed by atoms with E-state index in [1.165, 1.54) is 41.3 Å². The van der Waals surface area contributed by atoms with E-state index in [4.69, 9.17) is 0 Å². The van der Waals surface area contributed by atoms with E-state index in [2.05, 4.69) is 35.4 Å². The molecule has 5 heteroatoms. The lowest BCUT2D eigenvalue weighted by molar-refractivity contribution is -0.111. The Hall–Kier alpha value is -3.08. The summed E-state index contributed by atoms with van der Waals surface area (Å²) in [4.78, 5) is 24.0. The van der Waals surface area contributed by atoms with Crippen molar-refractivity contribution < 1.29 is 14.7 Å². The maximum Gasteiger partial charge on any atom is 0.251 e. The number of hydrogen-bond donors (Lipinski definition) is 3. The van der Waals surface area contributed by atoms with Gasteiger partial charge < -0.3 is 15.7 Å². The quantitative estimate of drug-likeness (QED) is 0.543. The molecule has 0 radical (unpaired) electrons. The fraction of sp³-hybridized carbons (Fsp3) is 0.273. The van der Waals surface area contributed by atoms with E-state index < -0.39 is 5.91 Å². The minimum Gasteiger partial charge on any atom is -0.506 e. The Bertz CT molecular complexity index is 889. The van der Waals surface area contributed by atoms with Crippen LogP contribution in [0.5, 0.6) is 5.75 Å². The van der Waals surface area contributed by atoms with Crippen molar-refractivity contribution in [1.29, 1.82) is 0 Å². The number of nitrogens with one attached hydrogen (secondary N) is 2. The van der Waals surface area contributed by atoms with Crippen LogP contribution in [0.25, 0.3) is 0 Å². The fourth-order valence-electron chi connectivity index (χ4n) is 3.43. The Kier molecular flexibility index (Phi) is 5.60. The standard InChI is InChI=1S/C22H24N2O3/c1-3-21(26)24-19-13-18(9-10-20(19)25)22(27)23-14(2)11-15-7-8-16-5-4-6-17(16)12-15/h3,7-10,12-14,25H,1,4-6,11H2,2H3,(H,23,27)(H,24,26)/t14-/m1/s1. The summed E-state index contributed by atoms with van der Waals surface area (Å²) in [5.41, 5.74) is 4.63. The van der Waals surface area contributed by atoms with Gasteiger partial charge in [0.05, 0.1) is 5.69 Å². The van der Waals surface area contributed by atoms with Crippen LogP contribution in [-0.4, -0.2) is 23.0 Å². The van der Waals surface area contributed by atoms with Crippen molar-refractivity contribution in [3.05, 3.63) is 71.3 Å². The summed E-state index contributed by atoms with van der Waals surface area (Å²) in [5, 5.41) is 15.3. The number of hydrogen-bond acceptors (Lipinski definition) is 3. The van der Waals surface area contributed by atoms with Crippen LogP contribution in [0.4, 0.5) is 5.69 Å². The Balaban J connectivity index is 1.65. The lowest BCUT2D eigenvalue weighted by Gasteiger charge is -2.15. The van der Waals surface area contributed by atoms with Gasteiger partial charge in [0.25, 0.3) is 5.91 Å². The molecule has 2 aromatic carbocycles. The van der Waals surface area contributed by atoms with Crippen LogP contribution in [0.1, 0.15) is 40.4 Å². The van der Waals surface area contributed by atoms with Crippen LogP contribution >= 0.6 is 0 Å². The molecule has 0 unspecified atom stereocenters. The second-order valence-electron chi connectivity index (χ2n) is 6.96. The Morgan fingerprint density at radius 1 is 1.19 bits per heavy atom. The molecule has 2 amide bonds. The molecule has 0 saturated heterocycles. The molecular formula is C22H24N2O3. The maximum atomic E-state index is 12.5. The summed E-state index contributed by atoms with van der Waals surface area (Å²) < 4.78 is 0. The SMILES string of the molecule is C=CC(=O)Nc1cc(C(=O)N[C@H](C)Cc2ccc3c(c2)CCC3)ccc1O. The van der Waals surface area contributed by atoms with E-state index in [0.717, 1.165) is 25.3 Å². The average Bonchev–Trinajstić information content (AvgIpc) is 3.11. The zero-order valence-electron chi connectivity index (χ0n) is 15.4. The zero-order chi connectivity index (χ0) is 19.4. The molecule has 3 rings (SSSR count). The molecule has 1 atom stereocenters. The van der Waals surface area contributed by atoms with Gasteiger partial charge in [0.15, 0.2) is 0 Å². The number of aromatic hydroxyl groups is 1. The third kappa shape index (κ3) is 4.56. The first-order valence-corrected chi connectivity index (χ1v) is 9.14. The van der Waals surface area contributed by atoms with Crippen molar-refractivity contribution in [2.45, 2.75) is 38.6 Å². The number of rotatable bonds is 6. The molecule has 0 saturated carbocycles. The highest BCUT2D eigenvalue weighted by Crippen LogP contribution is 2.25. The van der Waals surface area contributed by atoms with Gasteiger partial charge in [-0.2, -0.15) is 0 Å². The molecule has 1 aliphatic carbocycles. The van der Waals surface area contributed by atoms with Crippen LogP contribution in [-0.2, 0) is 24.1 Å². The Morgan fingerprint density at radius 2 is 1.96 bits per heavy atom. The largest absolute Gasteiger partial charge is 0.506 e. The van der Waals surface area contributed by atoms with Crippen molar-refractivity contribution in [3.8, 4) is 5.75 Å². The Morgan fingerprint density at radius 3 is 2.74 bits per heavy atom. The lowest BCUT2D eigenvalue weighted by Crippen LogP contribution is -2.34. The number of phenols is 1. The molecule has 0 bridgehead atoms. The van der Waals surface area contributed by atoms with Gasteiger partial charge in [-0.3, -0.25) is 9.59 Å². The molecule has 1 aliphatic rings. The van der Waals surface area contributed by atoms with Gasteiger partial charge in [-0.25, -0.2) is 0 Å². The predicted octanol–water partition coefficient (Wildman–Crippen LogP) is 3.37. The molecule has 0 fully saturated rings. The van der Waals surface area contributed by atoms with Crippen molar-refractivity contribution in [2.75, 3.05) is 5.32 Å². The summed E-state index contributed by atoms with van der Waals surface area (Å²) in [7, 11) is 0. The first kappa shape index (κ1) is 18.7. The zero-order valence-corrected chi connectivity index (χ0v) is 15.4. The van der Waals surface area contributed by atoms with E-state index in [-0.39, 0.29) is 23.4 Å². The Labute approximate surface area is 159 Å². The van der Waals surface area contributed by atoms with Gasteiger partial charge in [-0.1, -0.05) is 24.8 Å². The molecule has 3 N–H and O–H groups in total. The average molecular weight is 364 g/mol. The normalized spacial score (nSPS) is 13.5. The number of anilines is 1. The van der Waals surface area contributed by atoms with Gasteiger partial charge in [0.2, 0.25) is 5.91 Å². The summed E-state index contributed by atoms with van der Waals surface area (Å²) >= 11 is 0. The number of phenolic OH excluding ortho intramolecular Hbond substituents is 1. The van der Waals surface area contributed by atoms with Crippen LogP contribution in [0, 0.1) is 0 Å². The highest BCUT2D eigenvalue weighted by molar-refractivity contribution is 6.02. The van der Waals surface area contributed by atoms with Crippen LogP contribution in [0.2, 0.25) is 0 Å². The topological polar surface area (TPSA) is 78.4 Å². The minimum absolute atomic E-state index is 0.0445. The van der Waals surface area contributed by atoms with Gasteiger partial charge in [-0.15, -0.1) is 0 Å². The summed E-state index contributed by atoms with van der Waals surface area (Å²) in [6.07, 6.45) is 5.36. The third-order valence-electron chi connectivity index (χ3n) is 4.78. The fourth-order valence-corrected chi connectivity index (χ4v) is 3.43. The van der Waals surface area contributed by atoms with Gasteiger partial charge in [0, 0.05) is 11.6 Å². The molecule has 2 aromatic rings. The number of amides is 2. The van der Waals surface area contributed by atoms with Crippen LogP contribution < -0.4 is 10.6 Å². The van der Waals surface area contributed by atoms with Crippen molar-refractivity contribution in [3.63, 3.8) is 0 Å². The smallest absolute Gasteiger partial charge is 0.251 e. The van der Waals surface area contributed by atoms with E-state index in [0.29, 0.717) is 5.56 Å². The van der Waals surface area contributed by atoms with Gasteiger partial charge >= 0.3 is 0 Å². The number of aryl methyl sites for hydroxylation is 2. The molecular weight excluding hydrogens is 340 g/mol. The molecule has 0 spiro atoms. The second kappa shape index (κ2) is 8.08. The van der Waals surface area contributed by atoms with E-state index >= 15 is 0 Å².